The van der Waals surface area contributed by atoms with Crippen molar-refractivity contribution in [1.29, 1.82) is 0 Å². The van der Waals surface area contributed by atoms with E-state index in [1.165, 1.54) is 103 Å². The van der Waals surface area contributed by atoms with Crippen molar-refractivity contribution in [1.82, 2.24) is 0 Å². The molecule has 0 saturated heterocycles. The summed E-state index contributed by atoms with van der Waals surface area (Å²) in [6.07, 6.45) is 33.3. The maximum absolute atomic E-state index is 11.6. The van der Waals surface area contributed by atoms with Crippen LogP contribution in [0.15, 0.2) is 24.3 Å². The van der Waals surface area contributed by atoms with Gasteiger partial charge < -0.3 is 9.47 Å². The highest BCUT2D eigenvalue weighted by Gasteiger charge is 2.03. The van der Waals surface area contributed by atoms with Gasteiger partial charge in [-0.05, 0) is 51.4 Å². The van der Waals surface area contributed by atoms with Crippen molar-refractivity contribution in [2.24, 2.45) is 0 Å². The van der Waals surface area contributed by atoms with E-state index >= 15 is 0 Å². The van der Waals surface area contributed by atoms with Crippen molar-refractivity contribution in [3.8, 4) is 0 Å². The number of carbonyl (C=O) groups is 1. The summed E-state index contributed by atoms with van der Waals surface area (Å²) in [6.45, 7) is 5.46. The molecule has 0 N–H and O–H groups in total. The van der Waals surface area contributed by atoms with Gasteiger partial charge in [0.1, 0.15) is 0 Å². The Hall–Kier alpha value is -1.25. The topological polar surface area (TPSA) is 35.5 Å². The molecule has 0 amide bonds. The van der Waals surface area contributed by atoms with E-state index in [0.29, 0.717) is 13.2 Å². The zero-order chi connectivity index (χ0) is 23.4. The van der Waals surface area contributed by atoms with E-state index in [9.17, 15) is 4.79 Å². The molecule has 3 heteroatoms. The fourth-order valence-corrected chi connectivity index (χ4v) is 3.61. The Bertz CT molecular complexity index is 390. The van der Waals surface area contributed by atoms with Gasteiger partial charge in [0.15, 0.2) is 0 Å². The number of carbonyl (C=O) groups excluding carboxylic acids is 1. The van der Waals surface area contributed by atoms with Crippen molar-refractivity contribution in [2.45, 2.75) is 142 Å². The van der Waals surface area contributed by atoms with Gasteiger partial charge in [-0.15, -0.1) is 0 Å². The van der Waals surface area contributed by atoms with E-state index in [1.54, 1.807) is 0 Å². The highest BCUT2D eigenvalue weighted by molar-refractivity contribution is 5.59. The molecule has 0 aromatic rings. The summed E-state index contributed by atoms with van der Waals surface area (Å²) < 4.78 is 10.3. The molecule has 0 saturated carbocycles. The van der Waals surface area contributed by atoms with E-state index in [-0.39, 0.29) is 0 Å². The Morgan fingerprint density at radius 1 is 0.469 bits per heavy atom. The van der Waals surface area contributed by atoms with Crippen LogP contribution in [0.5, 0.6) is 0 Å². The molecule has 0 heterocycles. The lowest BCUT2D eigenvalue weighted by Crippen LogP contribution is -2.09. The van der Waals surface area contributed by atoms with Crippen molar-refractivity contribution in [3.05, 3.63) is 24.3 Å². The minimum atomic E-state index is -0.491. The molecule has 0 unspecified atom stereocenters. The van der Waals surface area contributed by atoms with Gasteiger partial charge in [0.05, 0.1) is 13.2 Å². The highest BCUT2D eigenvalue weighted by atomic mass is 16.7. The summed E-state index contributed by atoms with van der Waals surface area (Å²) in [7, 11) is 0. The zero-order valence-corrected chi connectivity index (χ0v) is 21.6. The lowest BCUT2D eigenvalue weighted by atomic mass is 10.1. The van der Waals surface area contributed by atoms with E-state index in [2.05, 4.69) is 38.2 Å². The van der Waals surface area contributed by atoms with Crippen LogP contribution in [0.25, 0.3) is 0 Å². The summed E-state index contributed by atoms with van der Waals surface area (Å²) >= 11 is 0. The van der Waals surface area contributed by atoms with Crippen LogP contribution in [0, 0.1) is 0 Å². The maximum atomic E-state index is 11.6. The normalized spacial score (nSPS) is 11.6. The molecule has 0 aromatic carbocycles. The molecule has 0 fully saturated rings. The van der Waals surface area contributed by atoms with Crippen molar-refractivity contribution in [2.75, 3.05) is 13.2 Å². The molecule has 3 nitrogen and oxygen atoms in total. The quantitative estimate of drug-likeness (QED) is 0.0833. The van der Waals surface area contributed by atoms with Crippen LogP contribution < -0.4 is 0 Å². The third-order valence-electron chi connectivity index (χ3n) is 5.75. The number of unbranched alkanes of at least 4 members (excludes halogenated alkanes) is 16. The molecule has 32 heavy (non-hydrogen) atoms. The van der Waals surface area contributed by atoms with Crippen LogP contribution in [0.4, 0.5) is 4.79 Å². The van der Waals surface area contributed by atoms with Gasteiger partial charge in [-0.2, -0.15) is 0 Å². The molecule has 0 atom stereocenters. The predicted molar refractivity (Wildman–Crippen MR) is 139 cm³/mol. The number of hydrogen-bond acceptors (Lipinski definition) is 3. The van der Waals surface area contributed by atoms with E-state index in [1.807, 2.05) is 0 Å². The van der Waals surface area contributed by atoms with Crippen LogP contribution in [-0.2, 0) is 9.47 Å². The zero-order valence-electron chi connectivity index (χ0n) is 21.6. The largest absolute Gasteiger partial charge is 0.508 e. The first kappa shape index (κ1) is 30.8. The molecule has 0 aliphatic rings. The molecule has 0 spiro atoms. The number of rotatable bonds is 24. The Labute approximate surface area is 200 Å². The Morgan fingerprint density at radius 3 is 1.16 bits per heavy atom. The molecule has 0 rings (SSSR count). The number of allylic oxidation sites excluding steroid dienone is 4. The maximum Gasteiger partial charge on any atom is 0.508 e. The van der Waals surface area contributed by atoms with Crippen LogP contribution in [0.2, 0.25) is 0 Å². The summed E-state index contributed by atoms with van der Waals surface area (Å²) in [5, 5.41) is 0. The summed E-state index contributed by atoms with van der Waals surface area (Å²) in [4.78, 5) is 11.6. The molecule has 0 radical (unpaired) electrons. The van der Waals surface area contributed by atoms with Gasteiger partial charge in [-0.3, -0.25) is 0 Å². The lowest BCUT2D eigenvalue weighted by molar-refractivity contribution is 0.0529. The molecule has 0 aliphatic heterocycles. The number of hydrogen-bond donors (Lipinski definition) is 0. The van der Waals surface area contributed by atoms with Crippen LogP contribution in [0.3, 0.4) is 0 Å². The van der Waals surface area contributed by atoms with Crippen LogP contribution >= 0.6 is 0 Å². The Morgan fingerprint density at radius 2 is 0.781 bits per heavy atom. The summed E-state index contributed by atoms with van der Waals surface area (Å²) in [5.74, 6) is 0. The first-order chi connectivity index (χ1) is 15.8. The SMILES string of the molecule is CCCC/C=C\CCCCCCCCOC(=O)OCCCCCCCC/C=C\CCCC. The molecule has 0 aliphatic carbocycles. The Balaban J connectivity index is 3.21. The molecular formula is C29H54O3. The summed E-state index contributed by atoms with van der Waals surface area (Å²) in [5.41, 5.74) is 0. The van der Waals surface area contributed by atoms with Crippen molar-refractivity contribution >= 4 is 6.16 Å². The predicted octanol–water partition coefficient (Wildman–Crippen LogP) is 10.1. The minimum absolute atomic E-state index is 0.491. The minimum Gasteiger partial charge on any atom is -0.434 e. The van der Waals surface area contributed by atoms with Gasteiger partial charge in [0.2, 0.25) is 0 Å². The fraction of sp³-hybridized carbons (Fsp3) is 0.828. The molecule has 0 bridgehead atoms. The molecule has 188 valence electrons. The van der Waals surface area contributed by atoms with Crippen LogP contribution in [0.1, 0.15) is 142 Å². The lowest BCUT2D eigenvalue weighted by Gasteiger charge is -2.06. The summed E-state index contributed by atoms with van der Waals surface area (Å²) in [6, 6.07) is 0. The van der Waals surface area contributed by atoms with Gasteiger partial charge in [-0.25, -0.2) is 4.79 Å². The standard InChI is InChI=1S/C29H54O3/c1-3-5-7-9-11-13-15-17-19-21-23-25-27-31-29(30)32-28-26-24-22-20-18-16-14-12-10-8-6-4-2/h9-12H,3-8,13-28H2,1-2H3/b11-9-,12-10-. The van der Waals surface area contributed by atoms with Crippen LogP contribution in [-0.4, -0.2) is 19.4 Å². The van der Waals surface area contributed by atoms with E-state index in [0.717, 1.165) is 25.7 Å². The van der Waals surface area contributed by atoms with E-state index < -0.39 is 6.16 Å². The van der Waals surface area contributed by atoms with Gasteiger partial charge in [0.25, 0.3) is 0 Å². The first-order valence-corrected chi connectivity index (χ1v) is 13.9. The monoisotopic (exact) mass is 450 g/mol. The van der Waals surface area contributed by atoms with Gasteiger partial charge in [-0.1, -0.05) is 115 Å². The second kappa shape index (κ2) is 27.8. The van der Waals surface area contributed by atoms with E-state index in [4.69, 9.17) is 9.47 Å². The average Bonchev–Trinajstić information content (AvgIpc) is 2.80. The molecule has 0 aromatic heterocycles. The number of ether oxygens (including phenoxy) is 2. The third kappa shape index (κ3) is 26.8. The van der Waals surface area contributed by atoms with Gasteiger partial charge in [0, 0.05) is 0 Å². The van der Waals surface area contributed by atoms with Crippen molar-refractivity contribution < 1.29 is 14.3 Å². The fourth-order valence-electron chi connectivity index (χ4n) is 3.61. The van der Waals surface area contributed by atoms with Gasteiger partial charge >= 0.3 is 6.16 Å². The molecular weight excluding hydrogens is 396 g/mol. The average molecular weight is 451 g/mol. The first-order valence-electron chi connectivity index (χ1n) is 13.9. The van der Waals surface area contributed by atoms with Crippen molar-refractivity contribution in [3.63, 3.8) is 0 Å². The highest BCUT2D eigenvalue weighted by Crippen LogP contribution is 2.10. The second-order valence-electron chi connectivity index (χ2n) is 8.99. The Kier molecular flexibility index (Phi) is 26.7. The third-order valence-corrected chi connectivity index (χ3v) is 5.75. The second-order valence-corrected chi connectivity index (χ2v) is 8.99. The smallest absolute Gasteiger partial charge is 0.434 e.